The molecule has 6 aliphatic rings. The average molecular weight is 172 g/mol. The molecule has 6 rings (SSSR count). The Morgan fingerprint density at radius 2 is 2.15 bits per heavy atom. The van der Waals surface area contributed by atoms with Gasteiger partial charge >= 0.3 is 0 Å². The minimum absolute atomic E-state index is 0.497. The fraction of sp³-hybridized carbons (Fsp3) is 0.750. The molecular formula is C12H12O. The van der Waals surface area contributed by atoms with Crippen molar-refractivity contribution in [1.29, 1.82) is 0 Å². The van der Waals surface area contributed by atoms with Crippen molar-refractivity contribution < 1.29 is 4.79 Å². The van der Waals surface area contributed by atoms with E-state index in [1.807, 2.05) is 0 Å². The van der Waals surface area contributed by atoms with Crippen molar-refractivity contribution in [3.05, 3.63) is 12.7 Å². The first-order valence-corrected chi connectivity index (χ1v) is 5.48. The Bertz CT molecular complexity index is 379. The highest BCUT2D eigenvalue weighted by atomic mass is 16.1. The van der Waals surface area contributed by atoms with Crippen molar-refractivity contribution >= 4 is 5.78 Å². The summed E-state index contributed by atoms with van der Waals surface area (Å²) in [6.07, 6.45) is 3.15. The van der Waals surface area contributed by atoms with Crippen LogP contribution in [0.5, 0.6) is 0 Å². The molecule has 0 aromatic carbocycles. The molecule has 1 heteroatoms. The molecule has 6 saturated carbocycles. The topological polar surface area (TPSA) is 17.1 Å². The van der Waals surface area contributed by atoms with E-state index in [0.29, 0.717) is 17.1 Å². The Kier molecular flexibility index (Phi) is 0.578. The molecule has 8 atom stereocenters. The molecule has 6 fully saturated rings. The van der Waals surface area contributed by atoms with Gasteiger partial charge in [-0.2, -0.15) is 0 Å². The standard InChI is InChI=1S/C12H12O/c1-2-12-9-4-3-5(13)7(11(9)12)8-6(4)10(8)12/h2,4,6-11H,1,3H2/t4-,6-,7+,8-,9+,10-,11+,12-/m0/s1. The minimum atomic E-state index is 0.497. The van der Waals surface area contributed by atoms with E-state index in [-0.39, 0.29) is 0 Å². The first-order valence-electron chi connectivity index (χ1n) is 5.48. The van der Waals surface area contributed by atoms with Gasteiger partial charge in [0, 0.05) is 12.3 Å². The summed E-state index contributed by atoms with van der Waals surface area (Å²) in [4.78, 5) is 11.8. The summed E-state index contributed by atoms with van der Waals surface area (Å²) in [5, 5.41) is 0. The zero-order valence-electron chi connectivity index (χ0n) is 7.44. The maximum Gasteiger partial charge on any atom is 0.136 e. The number of rotatable bonds is 1. The third kappa shape index (κ3) is 0.318. The van der Waals surface area contributed by atoms with Crippen molar-refractivity contribution in [2.24, 2.45) is 46.8 Å². The van der Waals surface area contributed by atoms with Crippen molar-refractivity contribution in [2.75, 3.05) is 0 Å². The van der Waals surface area contributed by atoms with Crippen LogP contribution >= 0.6 is 0 Å². The van der Waals surface area contributed by atoms with Gasteiger partial charge in [0.2, 0.25) is 0 Å². The van der Waals surface area contributed by atoms with Crippen LogP contribution in [0.2, 0.25) is 0 Å². The molecule has 0 radical (unpaired) electrons. The number of fused-ring (bicyclic) bond motifs is 1. The zero-order chi connectivity index (χ0) is 8.53. The molecule has 0 unspecified atom stereocenters. The molecule has 0 aromatic rings. The van der Waals surface area contributed by atoms with Gasteiger partial charge in [0.1, 0.15) is 5.78 Å². The van der Waals surface area contributed by atoms with E-state index in [9.17, 15) is 4.79 Å². The number of allylic oxidation sites excluding steroid dienone is 1. The Balaban J connectivity index is 1.84. The fourth-order valence-corrected chi connectivity index (χ4v) is 6.07. The molecule has 66 valence electrons. The summed E-state index contributed by atoms with van der Waals surface area (Å²) >= 11 is 0. The van der Waals surface area contributed by atoms with Crippen LogP contribution in [0.15, 0.2) is 12.7 Å². The van der Waals surface area contributed by atoms with Crippen molar-refractivity contribution in [2.45, 2.75) is 6.42 Å². The lowest BCUT2D eigenvalue weighted by Crippen LogP contribution is -2.35. The van der Waals surface area contributed by atoms with Crippen LogP contribution in [0.1, 0.15) is 6.42 Å². The maximum atomic E-state index is 11.8. The molecule has 1 nitrogen and oxygen atoms in total. The zero-order valence-corrected chi connectivity index (χ0v) is 7.44. The lowest BCUT2D eigenvalue weighted by Gasteiger charge is -2.32. The number of Topliss-reactive ketones (excluding diaryl/α,β-unsaturated/α-hetero) is 1. The highest BCUT2D eigenvalue weighted by Crippen LogP contribution is 2.96. The second-order valence-electron chi connectivity index (χ2n) is 5.80. The second-order valence-corrected chi connectivity index (χ2v) is 5.80. The molecule has 6 aliphatic carbocycles. The van der Waals surface area contributed by atoms with Gasteiger partial charge in [0.05, 0.1) is 0 Å². The van der Waals surface area contributed by atoms with E-state index in [2.05, 4.69) is 12.7 Å². The van der Waals surface area contributed by atoms with Crippen molar-refractivity contribution in [3.63, 3.8) is 0 Å². The van der Waals surface area contributed by atoms with E-state index < -0.39 is 0 Å². The Morgan fingerprint density at radius 1 is 1.31 bits per heavy atom. The summed E-state index contributed by atoms with van der Waals surface area (Å²) in [7, 11) is 0. The number of carbonyl (C=O) groups excluding carboxylic acids is 1. The van der Waals surface area contributed by atoms with Crippen molar-refractivity contribution in [1.82, 2.24) is 0 Å². The number of ketones is 1. The van der Waals surface area contributed by atoms with Gasteiger partial charge in [0.15, 0.2) is 0 Å². The third-order valence-corrected chi connectivity index (χ3v) is 6.06. The summed E-state index contributed by atoms with van der Waals surface area (Å²) in [5.74, 6) is 6.31. The first kappa shape index (κ1) is 6.00. The van der Waals surface area contributed by atoms with Crippen LogP contribution in [-0.4, -0.2) is 5.78 Å². The minimum Gasteiger partial charge on any atom is -0.299 e. The third-order valence-electron chi connectivity index (χ3n) is 6.06. The molecule has 0 saturated heterocycles. The Labute approximate surface area is 77.2 Å². The van der Waals surface area contributed by atoms with Gasteiger partial charge in [-0.1, -0.05) is 6.08 Å². The van der Waals surface area contributed by atoms with Crippen LogP contribution in [-0.2, 0) is 4.79 Å². The van der Waals surface area contributed by atoms with Crippen LogP contribution in [0.4, 0.5) is 0 Å². The lowest BCUT2D eigenvalue weighted by molar-refractivity contribution is -0.130. The molecule has 0 aliphatic heterocycles. The maximum absolute atomic E-state index is 11.8. The molecule has 0 spiro atoms. The Hall–Kier alpha value is -0.590. The predicted octanol–water partition coefficient (Wildman–Crippen LogP) is 1.50. The summed E-state index contributed by atoms with van der Waals surface area (Å²) < 4.78 is 0. The molecule has 0 aromatic heterocycles. The van der Waals surface area contributed by atoms with E-state index >= 15 is 0 Å². The average Bonchev–Trinajstić information content (AvgIpc) is 2.94. The van der Waals surface area contributed by atoms with Crippen LogP contribution in [0.3, 0.4) is 0 Å². The highest BCUT2D eigenvalue weighted by molar-refractivity contribution is 5.88. The van der Waals surface area contributed by atoms with Gasteiger partial charge in [-0.3, -0.25) is 4.79 Å². The number of hydrogen-bond donors (Lipinski definition) is 0. The monoisotopic (exact) mass is 172 g/mol. The predicted molar refractivity (Wildman–Crippen MR) is 46.7 cm³/mol. The van der Waals surface area contributed by atoms with E-state index in [4.69, 9.17) is 0 Å². The van der Waals surface area contributed by atoms with Crippen LogP contribution in [0.25, 0.3) is 0 Å². The van der Waals surface area contributed by atoms with E-state index in [1.54, 1.807) is 0 Å². The normalized spacial score (nSPS) is 78.5. The molecule has 13 heavy (non-hydrogen) atoms. The van der Waals surface area contributed by atoms with Gasteiger partial charge in [-0.15, -0.1) is 6.58 Å². The molecule has 0 heterocycles. The fourth-order valence-electron chi connectivity index (χ4n) is 6.07. The second kappa shape index (κ2) is 1.25. The first-order chi connectivity index (χ1) is 6.32. The van der Waals surface area contributed by atoms with Crippen molar-refractivity contribution in [3.8, 4) is 0 Å². The molecular weight excluding hydrogens is 160 g/mol. The molecule has 0 amide bonds. The smallest absolute Gasteiger partial charge is 0.136 e. The SMILES string of the molecule is C=C[C@@]12[C@@H]3[C@@H]4[C@H]5C(=O)C[C@@H]([C@@H]43)[C@@H]1[C@@H]52. The van der Waals surface area contributed by atoms with Gasteiger partial charge in [-0.25, -0.2) is 0 Å². The number of carbonyl (C=O) groups is 1. The number of hydrogen-bond acceptors (Lipinski definition) is 1. The Morgan fingerprint density at radius 3 is 2.69 bits per heavy atom. The van der Waals surface area contributed by atoms with Gasteiger partial charge < -0.3 is 0 Å². The summed E-state index contributed by atoms with van der Waals surface area (Å²) in [5.41, 5.74) is 0.497. The van der Waals surface area contributed by atoms with Crippen LogP contribution < -0.4 is 0 Å². The molecule has 2 bridgehead atoms. The quantitative estimate of drug-likeness (QED) is 0.548. The van der Waals surface area contributed by atoms with Gasteiger partial charge in [-0.05, 0) is 40.9 Å². The summed E-state index contributed by atoms with van der Waals surface area (Å²) in [6, 6.07) is 0. The highest BCUT2D eigenvalue weighted by Gasteiger charge is 2.95. The van der Waals surface area contributed by atoms with Crippen LogP contribution in [0, 0.1) is 46.8 Å². The largest absolute Gasteiger partial charge is 0.299 e. The lowest BCUT2D eigenvalue weighted by atomic mass is 9.70. The van der Waals surface area contributed by atoms with E-state index in [0.717, 1.165) is 41.9 Å². The van der Waals surface area contributed by atoms with E-state index in [1.165, 1.54) is 0 Å². The molecule has 0 N–H and O–H groups in total. The summed E-state index contributed by atoms with van der Waals surface area (Å²) in [6.45, 7) is 4.02. The van der Waals surface area contributed by atoms with Gasteiger partial charge in [0.25, 0.3) is 0 Å².